The summed E-state index contributed by atoms with van der Waals surface area (Å²) in [7, 11) is 0. The number of carbonyl (C=O) groups excluding carboxylic acids is 1. The second kappa shape index (κ2) is 9.28. The van der Waals surface area contributed by atoms with E-state index in [1.54, 1.807) is 32.0 Å². The van der Waals surface area contributed by atoms with Crippen molar-refractivity contribution in [3.8, 4) is 0 Å². The molecule has 0 bridgehead atoms. The third kappa shape index (κ3) is 5.37. The average molecular weight is 472 g/mol. The Morgan fingerprint density at radius 1 is 1.23 bits per heavy atom. The summed E-state index contributed by atoms with van der Waals surface area (Å²) < 4.78 is 38.8. The number of halogens is 5. The van der Waals surface area contributed by atoms with Gasteiger partial charge in [0.2, 0.25) is 0 Å². The van der Waals surface area contributed by atoms with Crippen LogP contribution in [0.4, 0.5) is 13.2 Å². The van der Waals surface area contributed by atoms with Crippen molar-refractivity contribution in [3.63, 3.8) is 0 Å². The van der Waals surface area contributed by atoms with Gasteiger partial charge in [0.1, 0.15) is 0 Å². The number of nitrogens with zero attached hydrogens (tertiary/aromatic N) is 3. The molecule has 1 aliphatic rings. The van der Waals surface area contributed by atoms with Gasteiger partial charge in [0, 0.05) is 23.4 Å². The van der Waals surface area contributed by atoms with E-state index in [0.717, 1.165) is 12.1 Å². The van der Waals surface area contributed by atoms with E-state index in [4.69, 9.17) is 28.0 Å². The van der Waals surface area contributed by atoms with Gasteiger partial charge < -0.3 is 4.84 Å². The Kier molecular flexibility index (Phi) is 6.91. The number of amidine groups is 1. The minimum Gasteiger partial charge on any atom is -0.316 e. The maximum Gasteiger partial charge on any atom is 0.416 e. The van der Waals surface area contributed by atoms with Crippen molar-refractivity contribution in [1.29, 1.82) is 0 Å². The molecule has 10 heteroatoms. The zero-order valence-corrected chi connectivity index (χ0v) is 18.1. The molecular formula is C21H18Cl2F3N3O2. The Balaban J connectivity index is 1.97. The third-order valence-corrected chi connectivity index (χ3v) is 5.22. The van der Waals surface area contributed by atoms with E-state index in [-0.39, 0.29) is 12.3 Å². The highest BCUT2D eigenvalue weighted by atomic mass is 35.5. The van der Waals surface area contributed by atoms with Crippen LogP contribution in [0.25, 0.3) is 0 Å². The molecule has 1 atom stereocenters. The molecule has 31 heavy (non-hydrogen) atoms. The monoisotopic (exact) mass is 471 g/mol. The van der Waals surface area contributed by atoms with Crippen LogP contribution in [0.5, 0.6) is 0 Å². The normalized spacial score (nSPS) is 17.0. The summed E-state index contributed by atoms with van der Waals surface area (Å²) in [6, 6.07) is 9.34. The summed E-state index contributed by atoms with van der Waals surface area (Å²) in [5.41, 5.74) is 1.09. The zero-order chi connectivity index (χ0) is 22.8. The number of hydrazone groups is 1. The molecule has 5 nitrogen and oxygen atoms in total. The highest BCUT2D eigenvalue weighted by Gasteiger charge is 2.34. The Hall–Kier alpha value is -2.58. The van der Waals surface area contributed by atoms with E-state index in [1.165, 1.54) is 17.1 Å². The molecule has 0 radical (unpaired) electrons. The second-order valence-corrected chi connectivity index (χ2v) is 7.65. The lowest BCUT2D eigenvalue weighted by atomic mass is 9.97. The molecule has 2 aromatic carbocycles. The Morgan fingerprint density at radius 3 is 2.48 bits per heavy atom. The molecule has 0 spiro atoms. The van der Waals surface area contributed by atoms with Gasteiger partial charge in [-0.3, -0.25) is 0 Å². The molecule has 1 aliphatic heterocycles. The number of benzene rings is 2. The highest BCUT2D eigenvalue weighted by molar-refractivity contribution is 6.37. The van der Waals surface area contributed by atoms with Gasteiger partial charge in [-0.15, -0.1) is 0 Å². The first-order valence-electron chi connectivity index (χ1n) is 9.34. The van der Waals surface area contributed by atoms with Crippen molar-refractivity contribution in [2.75, 3.05) is 0 Å². The number of rotatable bonds is 4. The predicted molar refractivity (Wildman–Crippen MR) is 113 cm³/mol. The lowest BCUT2D eigenvalue weighted by Gasteiger charge is -2.23. The molecule has 0 saturated heterocycles. The molecular weight excluding hydrogens is 454 g/mol. The van der Waals surface area contributed by atoms with Crippen LogP contribution < -0.4 is 0 Å². The number of hydrogen-bond donors (Lipinski definition) is 0. The van der Waals surface area contributed by atoms with E-state index in [1.807, 2.05) is 0 Å². The van der Waals surface area contributed by atoms with E-state index in [0.29, 0.717) is 33.3 Å². The van der Waals surface area contributed by atoms with Crippen LogP contribution >= 0.6 is 23.2 Å². The standard InChI is InChI=1S/C21H18Cl2F3N3O2/c1-3-20(30)31-28-12(2)29-19(13-4-6-14(7-5-13)21(24,25)26)11-18(27-29)16-9-8-15(22)10-17(16)23/h4-10,19H,3,11H2,1-2H3/b28-12-. The highest BCUT2D eigenvalue weighted by Crippen LogP contribution is 2.37. The van der Waals surface area contributed by atoms with Crippen molar-refractivity contribution in [2.45, 2.75) is 38.9 Å². The van der Waals surface area contributed by atoms with Crippen molar-refractivity contribution in [2.24, 2.45) is 10.3 Å². The van der Waals surface area contributed by atoms with E-state index in [9.17, 15) is 18.0 Å². The van der Waals surface area contributed by atoms with Gasteiger partial charge in [0.25, 0.3) is 0 Å². The second-order valence-electron chi connectivity index (χ2n) is 6.81. The van der Waals surface area contributed by atoms with E-state index >= 15 is 0 Å². The zero-order valence-electron chi connectivity index (χ0n) is 16.6. The molecule has 164 valence electrons. The van der Waals surface area contributed by atoms with Crippen molar-refractivity contribution in [3.05, 3.63) is 69.2 Å². The Bertz CT molecular complexity index is 1040. The Morgan fingerprint density at radius 2 is 1.90 bits per heavy atom. The average Bonchev–Trinajstić information content (AvgIpc) is 3.16. The molecule has 1 unspecified atom stereocenters. The van der Waals surface area contributed by atoms with Crippen LogP contribution in [0, 0.1) is 0 Å². The molecule has 0 amide bonds. The summed E-state index contributed by atoms with van der Waals surface area (Å²) >= 11 is 12.3. The predicted octanol–water partition coefficient (Wildman–Crippen LogP) is 6.45. The summed E-state index contributed by atoms with van der Waals surface area (Å²) in [5, 5.41) is 10.8. The molecule has 1 heterocycles. The van der Waals surface area contributed by atoms with Crippen LogP contribution in [0.1, 0.15) is 49.4 Å². The van der Waals surface area contributed by atoms with E-state index in [2.05, 4.69) is 10.3 Å². The van der Waals surface area contributed by atoms with Gasteiger partial charge >= 0.3 is 12.1 Å². The summed E-state index contributed by atoms with van der Waals surface area (Å²) in [6.07, 6.45) is -3.94. The molecule has 0 fully saturated rings. The van der Waals surface area contributed by atoms with Gasteiger partial charge in [-0.25, -0.2) is 9.80 Å². The maximum absolute atomic E-state index is 12.9. The number of oxime groups is 1. The lowest BCUT2D eigenvalue weighted by Crippen LogP contribution is -2.25. The summed E-state index contributed by atoms with van der Waals surface area (Å²) in [6.45, 7) is 3.22. The van der Waals surface area contributed by atoms with Crippen LogP contribution in [0.2, 0.25) is 10.0 Å². The van der Waals surface area contributed by atoms with Gasteiger partial charge in [0.05, 0.1) is 22.3 Å². The molecule has 0 aromatic heterocycles. The quantitative estimate of drug-likeness (QED) is 0.223. The van der Waals surface area contributed by atoms with Crippen LogP contribution in [-0.4, -0.2) is 22.5 Å². The number of hydrogen-bond acceptors (Lipinski definition) is 4. The van der Waals surface area contributed by atoms with Crippen LogP contribution in [0.3, 0.4) is 0 Å². The molecule has 3 rings (SSSR count). The largest absolute Gasteiger partial charge is 0.416 e. The first-order chi connectivity index (χ1) is 14.6. The first-order valence-corrected chi connectivity index (χ1v) is 10.1. The van der Waals surface area contributed by atoms with Gasteiger partial charge in [0.15, 0.2) is 5.84 Å². The van der Waals surface area contributed by atoms with Crippen molar-refractivity contribution in [1.82, 2.24) is 5.01 Å². The van der Waals surface area contributed by atoms with Gasteiger partial charge in [-0.05, 0) is 36.8 Å². The smallest absolute Gasteiger partial charge is 0.316 e. The lowest BCUT2D eigenvalue weighted by molar-refractivity contribution is -0.143. The summed E-state index contributed by atoms with van der Waals surface area (Å²) in [4.78, 5) is 16.3. The molecule has 0 N–H and O–H groups in total. The fourth-order valence-electron chi connectivity index (χ4n) is 3.07. The minimum absolute atomic E-state index is 0.147. The first kappa shape index (κ1) is 23.1. The van der Waals surface area contributed by atoms with Crippen molar-refractivity contribution >= 4 is 40.7 Å². The number of alkyl halides is 3. The van der Waals surface area contributed by atoms with Gasteiger partial charge in [-0.1, -0.05) is 53.5 Å². The Labute approximate surface area is 187 Å². The summed E-state index contributed by atoms with van der Waals surface area (Å²) in [5.74, 6) is -0.249. The third-order valence-electron chi connectivity index (χ3n) is 4.67. The molecule has 2 aromatic rings. The minimum atomic E-state index is -4.43. The number of carbonyl (C=O) groups is 1. The molecule has 0 aliphatic carbocycles. The fraction of sp³-hybridized carbons (Fsp3) is 0.286. The maximum atomic E-state index is 12.9. The molecule has 0 saturated carbocycles. The van der Waals surface area contributed by atoms with Crippen molar-refractivity contribution < 1.29 is 22.8 Å². The topological polar surface area (TPSA) is 54.3 Å². The fourth-order valence-corrected chi connectivity index (χ4v) is 3.59. The van der Waals surface area contributed by atoms with Crippen LogP contribution in [0.15, 0.2) is 52.7 Å². The van der Waals surface area contributed by atoms with E-state index < -0.39 is 23.8 Å². The van der Waals surface area contributed by atoms with Gasteiger partial charge in [-0.2, -0.15) is 18.3 Å². The SMILES string of the molecule is CCC(=O)O/N=C(/C)N1N=C(c2ccc(Cl)cc2Cl)CC1c1ccc(C(F)(F)F)cc1. The van der Waals surface area contributed by atoms with Crippen LogP contribution in [-0.2, 0) is 15.8 Å².